The first-order valence-corrected chi connectivity index (χ1v) is 9.35. The van der Waals surface area contributed by atoms with E-state index in [9.17, 15) is 24.0 Å². The van der Waals surface area contributed by atoms with Gasteiger partial charge in [-0.15, -0.1) is 0 Å². The quantitative estimate of drug-likeness (QED) is 0.724. The van der Waals surface area contributed by atoms with E-state index in [1.54, 1.807) is 18.2 Å². The number of piperidine rings is 1. The molecule has 3 heterocycles. The zero-order chi connectivity index (χ0) is 21.5. The van der Waals surface area contributed by atoms with Crippen LogP contribution in [-0.2, 0) is 16.1 Å². The fourth-order valence-corrected chi connectivity index (χ4v) is 3.64. The van der Waals surface area contributed by atoms with E-state index in [0.29, 0.717) is 11.1 Å². The van der Waals surface area contributed by atoms with Crippen molar-refractivity contribution in [2.75, 3.05) is 0 Å². The summed E-state index contributed by atoms with van der Waals surface area (Å²) in [6.07, 6.45) is 3.14. The van der Waals surface area contributed by atoms with Crippen LogP contribution in [0.3, 0.4) is 0 Å². The Labute approximate surface area is 171 Å². The Balaban J connectivity index is 1.54. The maximum Gasteiger partial charge on any atom is 0.262 e. The van der Waals surface area contributed by atoms with E-state index in [4.69, 9.17) is 0 Å². The number of carbonyl (C=O) groups is 5. The highest BCUT2D eigenvalue weighted by molar-refractivity contribution is 6.24. The van der Waals surface area contributed by atoms with Crippen molar-refractivity contribution in [2.45, 2.75) is 31.8 Å². The van der Waals surface area contributed by atoms with Gasteiger partial charge in [0.05, 0.1) is 11.1 Å². The smallest absolute Gasteiger partial charge is 0.262 e. The molecule has 0 radical (unpaired) electrons. The first kappa shape index (κ1) is 19.4. The van der Waals surface area contributed by atoms with E-state index in [1.807, 2.05) is 0 Å². The first-order valence-electron chi connectivity index (χ1n) is 9.35. The van der Waals surface area contributed by atoms with Crippen molar-refractivity contribution in [3.8, 4) is 0 Å². The lowest BCUT2D eigenvalue weighted by Crippen LogP contribution is -2.62. The molecule has 0 saturated carbocycles. The highest BCUT2D eigenvalue weighted by atomic mass is 16.2. The Morgan fingerprint density at radius 2 is 1.80 bits per heavy atom. The van der Waals surface area contributed by atoms with Crippen LogP contribution in [0.5, 0.6) is 0 Å². The second-order valence-electron chi connectivity index (χ2n) is 7.40. The van der Waals surface area contributed by atoms with Crippen LogP contribution >= 0.6 is 0 Å². The second-order valence-corrected chi connectivity index (χ2v) is 7.40. The molecule has 1 aromatic heterocycles. The molecule has 1 aromatic carbocycles. The Bertz CT molecular complexity index is 1100. The van der Waals surface area contributed by atoms with Gasteiger partial charge in [0.1, 0.15) is 5.54 Å². The number of fused-ring (bicyclic) bond motifs is 1. The lowest BCUT2D eigenvalue weighted by molar-refractivity contribution is -0.140. The topological polar surface area (TPSA) is 126 Å². The molecular formula is C21H18N4O5. The highest BCUT2D eigenvalue weighted by Gasteiger charge is 2.52. The summed E-state index contributed by atoms with van der Waals surface area (Å²) in [7, 11) is 0. The molecule has 9 heteroatoms. The number of carbonyl (C=O) groups excluding carboxylic acids is 5. The lowest BCUT2D eigenvalue weighted by Gasteiger charge is -2.38. The van der Waals surface area contributed by atoms with Crippen molar-refractivity contribution in [3.05, 3.63) is 65.0 Å². The predicted octanol–water partition coefficient (Wildman–Crippen LogP) is 0.803. The van der Waals surface area contributed by atoms with Gasteiger partial charge in [-0.3, -0.25) is 39.2 Å². The van der Waals surface area contributed by atoms with Crippen LogP contribution in [0.1, 0.15) is 56.4 Å². The standard InChI is InChI=1S/C21H18N4O5/c1-21(7-4-16(26)24-20(21)30)25-18(28)14-3-2-12(10-15(14)19(25)29)11-23-17(27)13-5-8-22-9-6-13/h2-3,5-6,8-10H,4,7,11H2,1H3,(H,23,27)(H,24,26,30)/t21-/m0/s1. The molecule has 2 N–H and O–H groups in total. The van der Waals surface area contributed by atoms with Gasteiger partial charge < -0.3 is 5.32 Å². The van der Waals surface area contributed by atoms with Crippen LogP contribution in [0.2, 0.25) is 0 Å². The van der Waals surface area contributed by atoms with Crippen molar-refractivity contribution >= 4 is 29.5 Å². The van der Waals surface area contributed by atoms with Crippen molar-refractivity contribution in [3.63, 3.8) is 0 Å². The molecule has 0 spiro atoms. The molecule has 1 fully saturated rings. The Morgan fingerprint density at radius 3 is 2.50 bits per heavy atom. The van der Waals surface area contributed by atoms with E-state index < -0.39 is 29.2 Å². The molecule has 2 aromatic rings. The Hall–Kier alpha value is -3.88. The minimum absolute atomic E-state index is 0.0436. The monoisotopic (exact) mass is 406 g/mol. The van der Waals surface area contributed by atoms with Gasteiger partial charge in [-0.25, -0.2) is 0 Å². The van der Waals surface area contributed by atoms with Crippen LogP contribution < -0.4 is 10.6 Å². The van der Waals surface area contributed by atoms with E-state index in [2.05, 4.69) is 15.6 Å². The van der Waals surface area contributed by atoms with Crippen LogP contribution in [0.15, 0.2) is 42.7 Å². The van der Waals surface area contributed by atoms with Crippen LogP contribution in [0.4, 0.5) is 0 Å². The van der Waals surface area contributed by atoms with Gasteiger partial charge >= 0.3 is 0 Å². The van der Waals surface area contributed by atoms with Gasteiger partial charge in [0.25, 0.3) is 23.6 Å². The number of imide groups is 2. The van der Waals surface area contributed by atoms with Gasteiger partial charge in [0.15, 0.2) is 0 Å². The maximum absolute atomic E-state index is 13.0. The van der Waals surface area contributed by atoms with Gasteiger partial charge in [-0.1, -0.05) is 6.07 Å². The third kappa shape index (κ3) is 3.14. The molecule has 0 bridgehead atoms. The average molecular weight is 406 g/mol. The number of hydrogen-bond acceptors (Lipinski definition) is 6. The number of amides is 5. The van der Waals surface area contributed by atoms with Crippen LogP contribution in [0, 0.1) is 0 Å². The van der Waals surface area contributed by atoms with Gasteiger partial charge in [0.2, 0.25) is 5.91 Å². The number of rotatable bonds is 4. The molecular weight excluding hydrogens is 388 g/mol. The Kier molecular flexibility index (Phi) is 4.65. The molecule has 2 aliphatic heterocycles. The lowest BCUT2D eigenvalue weighted by atomic mass is 9.89. The molecule has 152 valence electrons. The summed E-state index contributed by atoms with van der Waals surface area (Å²) in [4.78, 5) is 66.7. The number of pyridine rings is 1. The minimum atomic E-state index is -1.43. The number of nitrogens with one attached hydrogen (secondary N) is 2. The van der Waals surface area contributed by atoms with Crippen molar-refractivity contribution in [1.29, 1.82) is 0 Å². The molecule has 5 amide bonds. The van der Waals surface area contributed by atoms with E-state index >= 15 is 0 Å². The minimum Gasteiger partial charge on any atom is -0.348 e. The largest absolute Gasteiger partial charge is 0.348 e. The van der Waals surface area contributed by atoms with Crippen molar-refractivity contribution in [1.82, 2.24) is 20.5 Å². The van der Waals surface area contributed by atoms with Crippen LogP contribution in [0.25, 0.3) is 0 Å². The highest BCUT2D eigenvalue weighted by Crippen LogP contribution is 2.34. The fourth-order valence-electron chi connectivity index (χ4n) is 3.64. The number of aromatic nitrogens is 1. The predicted molar refractivity (Wildman–Crippen MR) is 103 cm³/mol. The van der Waals surface area contributed by atoms with Gasteiger partial charge in [-0.05, 0) is 43.2 Å². The van der Waals surface area contributed by atoms with E-state index in [-0.39, 0.29) is 36.4 Å². The van der Waals surface area contributed by atoms with Gasteiger partial charge in [0, 0.05) is 30.9 Å². The molecule has 1 atom stereocenters. The summed E-state index contributed by atoms with van der Waals surface area (Å²) in [5.41, 5.74) is 0.00951. The van der Waals surface area contributed by atoms with Gasteiger partial charge in [-0.2, -0.15) is 0 Å². The summed E-state index contributed by atoms with van der Waals surface area (Å²) in [6.45, 7) is 1.63. The van der Waals surface area contributed by atoms with Crippen LogP contribution in [-0.4, -0.2) is 45.0 Å². The summed E-state index contributed by atoms with van der Waals surface area (Å²) >= 11 is 0. The number of hydrogen-bond donors (Lipinski definition) is 2. The van der Waals surface area contributed by atoms with Crippen molar-refractivity contribution in [2.24, 2.45) is 0 Å². The zero-order valence-electron chi connectivity index (χ0n) is 16.1. The summed E-state index contributed by atoms with van der Waals surface area (Å²) < 4.78 is 0. The first-order chi connectivity index (χ1) is 14.3. The molecule has 0 aliphatic carbocycles. The maximum atomic E-state index is 13.0. The number of benzene rings is 1. The number of nitrogens with zero attached hydrogens (tertiary/aromatic N) is 2. The van der Waals surface area contributed by atoms with E-state index in [1.165, 1.54) is 31.5 Å². The van der Waals surface area contributed by atoms with E-state index in [0.717, 1.165) is 4.90 Å². The molecule has 2 aliphatic rings. The normalized spacial score (nSPS) is 20.8. The molecule has 4 rings (SSSR count). The zero-order valence-corrected chi connectivity index (χ0v) is 16.1. The molecule has 0 unspecified atom stereocenters. The molecule has 9 nitrogen and oxygen atoms in total. The second kappa shape index (κ2) is 7.18. The third-order valence-electron chi connectivity index (χ3n) is 5.42. The average Bonchev–Trinajstić information content (AvgIpc) is 3.00. The molecule has 30 heavy (non-hydrogen) atoms. The summed E-state index contributed by atoms with van der Waals surface area (Å²) in [5, 5.41) is 4.95. The summed E-state index contributed by atoms with van der Waals surface area (Å²) in [5.74, 6) is -2.56. The fraction of sp³-hybridized carbons (Fsp3) is 0.238. The van der Waals surface area contributed by atoms with Crippen molar-refractivity contribution < 1.29 is 24.0 Å². The Morgan fingerprint density at radius 1 is 1.10 bits per heavy atom. The third-order valence-corrected chi connectivity index (χ3v) is 5.42. The molecule has 1 saturated heterocycles. The SMILES string of the molecule is C[C@]1(N2C(=O)c3ccc(CNC(=O)c4ccncc4)cc3C2=O)CCC(=O)NC1=O. The summed E-state index contributed by atoms with van der Waals surface area (Å²) in [6, 6.07) is 7.86.